The van der Waals surface area contributed by atoms with Crippen LogP contribution in [0.5, 0.6) is 5.75 Å². The van der Waals surface area contributed by atoms with Gasteiger partial charge in [-0.15, -0.1) is 11.3 Å². The first-order chi connectivity index (χ1) is 14.0. The predicted octanol–water partition coefficient (Wildman–Crippen LogP) is 5.33. The number of carbonyl (C=O) groups excluding carboxylic acids is 1. The zero-order chi connectivity index (χ0) is 20.4. The summed E-state index contributed by atoms with van der Waals surface area (Å²) in [5.74, 6) is 1.01. The number of amides is 1. The van der Waals surface area contributed by atoms with Crippen LogP contribution >= 0.6 is 11.3 Å². The molecule has 5 nitrogen and oxygen atoms in total. The third kappa shape index (κ3) is 3.93. The van der Waals surface area contributed by atoms with Gasteiger partial charge in [-0.25, -0.2) is 4.98 Å². The summed E-state index contributed by atoms with van der Waals surface area (Å²) >= 11 is 1.64. The normalized spacial score (nSPS) is 10.8. The minimum atomic E-state index is -0.175. The molecular weight excluding hydrogens is 382 g/mol. The number of hydrogen-bond acceptors (Lipinski definition) is 5. The summed E-state index contributed by atoms with van der Waals surface area (Å²) in [7, 11) is 0. The highest BCUT2D eigenvalue weighted by Crippen LogP contribution is 2.33. The standard InChI is InChI=1S/C23H21N3O2S/c1-14-8-9-16(23(27)26-18-6-4-3-5-7-18)10-19(14)28-12-17-13-29-21-15(2)11-25-22(24)20(17)21/h3-11,13H,12H2,1-2H3,(H2,24,25)(H,26,27). The predicted molar refractivity (Wildman–Crippen MR) is 119 cm³/mol. The number of anilines is 2. The van der Waals surface area contributed by atoms with Gasteiger partial charge in [-0.2, -0.15) is 0 Å². The second kappa shape index (κ2) is 7.93. The van der Waals surface area contributed by atoms with Crippen LogP contribution in [0.25, 0.3) is 10.1 Å². The molecule has 0 bridgehead atoms. The molecular formula is C23H21N3O2S. The van der Waals surface area contributed by atoms with Gasteiger partial charge in [0.25, 0.3) is 5.91 Å². The Morgan fingerprint density at radius 2 is 1.93 bits per heavy atom. The number of hydrogen-bond donors (Lipinski definition) is 2. The number of aromatic nitrogens is 1. The SMILES string of the molecule is Cc1ccc(C(=O)Nc2ccccc2)cc1OCc1csc2c(C)cnc(N)c12. The molecule has 4 rings (SSSR count). The molecule has 0 spiro atoms. The van der Waals surface area contributed by atoms with E-state index < -0.39 is 0 Å². The van der Waals surface area contributed by atoms with E-state index in [4.69, 9.17) is 10.5 Å². The van der Waals surface area contributed by atoms with E-state index in [1.165, 1.54) is 0 Å². The number of aryl methyl sites for hydroxylation is 2. The Hall–Kier alpha value is -3.38. The molecule has 4 aromatic rings. The Labute approximate surface area is 173 Å². The van der Waals surface area contributed by atoms with Crippen LogP contribution in [0.2, 0.25) is 0 Å². The molecule has 146 valence electrons. The van der Waals surface area contributed by atoms with Gasteiger partial charge in [0, 0.05) is 33.1 Å². The maximum atomic E-state index is 12.6. The van der Waals surface area contributed by atoms with Gasteiger partial charge in [0.1, 0.15) is 18.2 Å². The van der Waals surface area contributed by atoms with Gasteiger partial charge < -0.3 is 15.8 Å². The second-order valence-corrected chi connectivity index (χ2v) is 7.76. The number of ether oxygens (including phenoxy) is 1. The molecule has 0 unspecified atom stereocenters. The second-order valence-electron chi connectivity index (χ2n) is 6.88. The number of para-hydroxylation sites is 1. The van der Waals surface area contributed by atoms with Crippen LogP contribution in [0.4, 0.5) is 11.5 Å². The highest BCUT2D eigenvalue weighted by atomic mass is 32.1. The maximum absolute atomic E-state index is 12.6. The van der Waals surface area contributed by atoms with Crippen molar-refractivity contribution in [2.75, 3.05) is 11.1 Å². The van der Waals surface area contributed by atoms with Crippen molar-refractivity contribution in [2.24, 2.45) is 0 Å². The van der Waals surface area contributed by atoms with Gasteiger partial charge in [-0.1, -0.05) is 24.3 Å². The number of rotatable bonds is 5. The van der Waals surface area contributed by atoms with Crippen LogP contribution in [-0.2, 0) is 6.61 Å². The first kappa shape index (κ1) is 19.0. The van der Waals surface area contributed by atoms with E-state index in [-0.39, 0.29) is 5.91 Å². The Kier molecular flexibility index (Phi) is 5.18. The zero-order valence-corrected chi connectivity index (χ0v) is 17.0. The molecule has 2 heterocycles. The molecule has 0 radical (unpaired) electrons. The van der Waals surface area contributed by atoms with E-state index in [0.29, 0.717) is 23.7 Å². The van der Waals surface area contributed by atoms with Crippen molar-refractivity contribution in [3.63, 3.8) is 0 Å². The Bertz CT molecular complexity index is 1190. The van der Waals surface area contributed by atoms with Gasteiger partial charge >= 0.3 is 0 Å². The summed E-state index contributed by atoms with van der Waals surface area (Å²) in [6.45, 7) is 4.34. The molecule has 29 heavy (non-hydrogen) atoms. The highest BCUT2D eigenvalue weighted by Gasteiger charge is 2.13. The molecule has 0 atom stereocenters. The number of nitrogen functional groups attached to an aromatic ring is 1. The third-order valence-electron chi connectivity index (χ3n) is 4.74. The smallest absolute Gasteiger partial charge is 0.255 e. The van der Waals surface area contributed by atoms with Gasteiger partial charge in [0.15, 0.2) is 0 Å². The molecule has 2 aromatic carbocycles. The van der Waals surface area contributed by atoms with Gasteiger partial charge in [-0.3, -0.25) is 4.79 Å². The summed E-state index contributed by atoms with van der Waals surface area (Å²) in [6.07, 6.45) is 1.79. The molecule has 0 fully saturated rings. The van der Waals surface area contributed by atoms with E-state index in [9.17, 15) is 4.79 Å². The quantitative estimate of drug-likeness (QED) is 0.472. The lowest BCUT2D eigenvalue weighted by Crippen LogP contribution is -2.12. The van der Waals surface area contributed by atoms with E-state index in [0.717, 1.165) is 32.5 Å². The molecule has 0 aliphatic rings. The van der Waals surface area contributed by atoms with Crippen molar-refractivity contribution in [1.29, 1.82) is 0 Å². The number of pyridine rings is 1. The Morgan fingerprint density at radius 1 is 1.14 bits per heavy atom. The molecule has 0 saturated carbocycles. The van der Waals surface area contributed by atoms with Gasteiger partial charge in [-0.05, 0) is 54.6 Å². The van der Waals surface area contributed by atoms with Crippen molar-refractivity contribution in [2.45, 2.75) is 20.5 Å². The van der Waals surface area contributed by atoms with Crippen LogP contribution < -0.4 is 15.8 Å². The van der Waals surface area contributed by atoms with Gasteiger partial charge in [0.2, 0.25) is 0 Å². The van der Waals surface area contributed by atoms with E-state index >= 15 is 0 Å². The molecule has 3 N–H and O–H groups in total. The largest absolute Gasteiger partial charge is 0.489 e. The Balaban J connectivity index is 1.55. The lowest BCUT2D eigenvalue weighted by atomic mass is 10.1. The van der Waals surface area contributed by atoms with E-state index in [1.807, 2.05) is 50.2 Å². The molecule has 0 aliphatic carbocycles. The van der Waals surface area contributed by atoms with Crippen molar-refractivity contribution in [1.82, 2.24) is 4.98 Å². The molecule has 1 amide bonds. The zero-order valence-electron chi connectivity index (χ0n) is 16.2. The fourth-order valence-electron chi connectivity index (χ4n) is 3.14. The number of nitrogens with zero attached hydrogens (tertiary/aromatic N) is 1. The summed E-state index contributed by atoms with van der Waals surface area (Å²) in [6, 6.07) is 14.8. The fourth-order valence-corrected chi connectivity index (χ4v) is 4.18. The lowest BCUT2D eigenvalue weighted by Gasteiger charge is -2.12. The lowest BCUT2D eigenvalue weighted by molar-refractivity contribution is 0.102. The third-order valence-corrected chi connectivity index (χ3v) is 5.91. The first-order valence-electron chi connectivity index (χ1n) is 9.24. The fraction of sp³-hybridized carbons (Fsp3) is 0.130. The number of nitrogens with two attached hydrogens (primary N) is 1. The number of fused-ring (bicyclic) bond motifs is 1. The Morgan fingerprint density at radius 3 is 2.72 bits per heavy atom. The van der Waals surface area contributed by atoms with Crippen LogP contribution in [0, 0.1) is 13.8 Å². The maximum Gasteiger partial charge on any atom is 0.255 e. The number of benzene rings is 2. The van der Waals surface area contributed by atoms with Crippen molar-refractivity contribution in [3.8, 4) is 5.75 Å². The van der Waals surface area contributed by atoms with E-state index in [1.54, 1.807) is 29.7 Å². The number of carbonyl (C=O) groups is 1. The molecule has 0 saturated heterocycles. The topological polar surface area (TPSA) is 77.2 Å². The van der Waals surface area contributed by atoms with Crippen LogP contribution in [0.15, 0.2) is 60.1 Å². The first-order valence-corrected chi connectivity index (χ1v) is 10.1. The van der Waals surface area contributed by atoms with Crippen molar-refractivity contribution < 1.29 is 9.53 Å². The van der Waals surface area contributed by atoms with Gasteiger partial charge in [0.05, 0.1) is 0 Å². The highest BCUT2D eigenvalue weighted by molar-refractivity contribution is 7.17. The summed E-state index contributed by atoms with van der Waals surface area (Å²) < 4.78 is 7.20. The van der Waals surface area contributed by atoms with Crippen LogP contribution in [0.3, 0.4) is 0 Å². The summed E-state index contributed by atoms with van der Waals surface area (Å²) in [4.78, 5) is 16.8. The minimum absolute atomic E-state index is 0.175. The average Bonchev–Trinajstić information content (AvgIpc) is 3.16. The summed E-state index contributed by atoms with van der Waals surface area (Å²) in [5.41, 5.74) is 10.4. The van der Waals surface area contributed by atoms with Crippen LogP contribution in [0.1, 0.15) is 27.0 Å². The molecule has 2 aromatic heterocycles. The van der Waals surface area contributed by atoms with Crippen LogP contribution in [-0.4, -0.2) is 10.9 Å². The molecule has 6 heteroatoms. The van der Waals surface area contributed by atoms with E-state index in [2.05, 4.69) is 15.7 Å². The number of nitrogens with one attached hydrogen (secondary N) is 1. The van der Waals surface area contributed by atoms with Crippen molar-refractivity contribution in [3.05, 3.63) is 82.4 Å². The van der Waals surface area contributed by atoms with Crippen molar-refractivity contribution >= 4 is 38.8 Å². The number of thiophene rings is 1. The summed E-state index contributed by atoms with van der Waals surface area (Å²) in [5, 5.41) is 5.90. The molecule has 0 aliphatic heterocycles. The monoisotopic (exact) mass is 403 g/mol. The minimum Gasteiger partial charge on any atom is -0.489 e. The average molecular weight is 404 g/mol.